The predicted octanol–water partition coefficient (Wildman–Crippen LogP) is 2.33. The summed E-state index contributed by atoms with van der Waals surface area (Å²) in [7, 11) is 1.64. The lowest BCUT2D eigenvalue weighted by molar-refractivity contribution is 0.414. The lowest BCUT2D eigenvalue weighted by Gasteiger charge is -2.14. The van der Waals surface area contributed by atoms with Crippen LogP contribution in [0.3, 0.4) is 0 Å². The van der Waals surface area contributed by atoms with Gasteiger partial charge in [-0.1, -0.05) is 24.3 Å². The van der Waals surface area contributed by atoms with E-state index in [1.54, 1.807) is 7.11 Å². The summed E-state index contributed by atoms with van der Waals surface area (Å²) in [5, 5.41) is 0. The molecule has 0 spiro atoms. The van der Waals surface area contributed by atoms with Gasteiger partial charge in [0.05, 0.1) is 13.2 Å². The minimum atomic E-state index is -0.186. The van der Waals surface area contributed by atoms with Crippen molar-refractivity contribution >= 4 is 5.69 Å². The van der Waals surface area contributed by atoms with Crippen molar-refractivity contribution < 1.29 is 4.74 Å². The summed E-state index contributed by atoms with van der Waals surface area (Å²) >= 11 is 0. The molecular formula is C14H16N2O. The van der Waals surface area contributed by atoms with Crippen LogP contribution in [0, 0.1) is 0 Å². The lowest BCUT2D eigenvalue weighted by Crippen LogP contribution is -2.12. The Bertz CT molecular complexity index is 511. The highest BCUT2D eigenvalue weighted by Crippen LogP contribution is 2.24. The molecule has 0 amide bonds. The molecule has 2 aromatic rings. The van der Waals surface area contributed by atoms with Gasteiger partial charge in [-0.05, 0) is 35.4 Å². The van der Waals surface area contributed by atoms with Crippen molar-refractivity contribution in [3.63, 3.8) is 0 Å². The van der Waals surface area contributed by atoms with Gasteiger partial charge in [0.25, 0.3) is 0 Å². The largest absolute Gasteiger partial charge is 0.497 e. The van der Waals surface area contributed by atoms with E-state index in [0.29, 0.717) is 0 Å². The maximum atomic E-state index is 6.20. The van der Waals surface area contributed by atoms with Gasteiger partial charge in [0, 0.05) is 5.69 Å². The number of rotatable bonds is 3. The molecule has 1 unspecified atom stereocenters. The number of methoxy groups -OCH3 is 1. The number of ether oxygens (including phenoxy) is 1. The number of nitrogens with two attached hydrogens (primary N) is 2. The molecule has 0 heterocycles. The van der Waals surface area contributed by atoms with Gasteiger partial charge in [0.15, 0.2) is 0 Å². The van der Waals surface area contributed by atoms with Crippen LogP contribution in [0.4, 0.5) is 5.69 Å². The maximum absolute atomic E-state index is 6.20. The highest BCUT2D eigenvalue weighted by molar-refractivity contribution is 5.44. The second-order valence-electron chi connectivity index (χ2n) is 3.92. The Labute approximate surface area is 101 Å². The fourth-order valence-corrected chi connectivity index (χ4v) is 1.78. The van der Waals surface area contributed by atoms with Gasteiger partial charge < -0.3 is 16.2 Å². The first-order valence-corrected chi connectivity index (χ1v) is 5.45. The summed E-state index contributed by atoms with van der Waals surface area (Å²) in [6.07, 6.45) is 0. The number of benzene rings is 2. The molecule has 2 rings (SSSR count). The van der Waals surface area contributed by atoms with Crippen LogP contribution in [-0.2, 0) is 0 Å². The van der Waals surface area contributed by atoms with E-state index in [4.69, 9.17) is 16.2 Å². The first-order valence-electron chi connectivity index (χ1n) is 5.45. The Morgan fingerprint density at radius 3 is 2.29 bits per heavy atom. The van der Waals surface area contributed by atoms with E-state index < -0.39 is 0 Å². The molecule has 3 heteroatoms. The average molecular weight is 228 g/mol. The van der Waals surface area contributed by atoms with Crippen LogP contribution in [0.15, 0.2) is 48.5 Å². The molecular weight excluding hydrogens is 212 g/mol. The summed E-state index contributed by atoms with van der Waals surface area (Å²) in [4.78, 5) is 0. The zero-order valence-corrected chi connectivity index (χ0v) is 9.76. The van der Waals surface area contributed by atoms with Crippen molar-refractivity contribution in [1.82, 2.24) is 0 Å². The number of hydrogen-bond acceptors (Lipinski definition) is 3. The molecule has 0 aliphatic heterocycles. The molecule has 4 N–H and O–H groups in total. The maximum Gasteiger partial charge on any atom is 0.119 e. The monoisotopic (exact) mass is 228 g/mol. The quantitative estimate of drug-likeness (QED) is 0.792. The molecule has 0 saturated heterocycles. The second-order valence-corrected chi connectivity index (χ2v) is 3.92. The molecule has 0 aliphatic carbocycles. The first kappa shape index (κ1) is 11.5. The molecule has 0 bridgehead atoms. The average Bonchev–Trinajstić information content (AvgIpc) is 2.38. The van der Waals surface area contributed by atoms with E-state index >= 15 is 0 Å². The summed E-state index contributed by atoms with van der Waals surface area (Å²) < 4.78 is 5.18. The molecule has 1 atom stereocenters. The lowest BCUT2D eigenvalue weighted by atomic mass is 9.99. The molecule has 2 aromatic carbocycles. The predicted molar refractivity (Wildman–Crippen MR) is 69.9 cm³/mol. The molecule has 0 fully saturated rings. The fraction of sp³-hybridized carbons (Fsp3) is 0.143. The van der Waals surface area contributed by atoms with Crippen molar-refractivity contribution in [3.8, 4) is 5.75 Å². The van der Waals surface area contributed by atoms with E-state index in [-0.39, 0.29) is 6.04 Å². The topological polar surface area (TPSA) is 61.3 Å². The third kappa shape index (κ3) is 2.57. The Morgan fingerprint density at radius 2 is 1.65 bits per heavy atom. The Balaban J connectivity index is 2.33. The standard InChI is InChI=1S/C14H16N2O/c1-17-13-7-3-5-11(9-13)14(16)10-4-2-6-12(15)8-10/h2-9,14H,15-16H2,1H3. The van der Waals surface area contributed by atoms with Gasteiger partial charge >= 0.3 is 0 Å². The molecule has 17 heavy (non-hydrogen) atoms. The van der Waals surface area contributed by atoms with Crippen molar-refractivity contribution in [1.29, 1.82) is 0 Å². The minimum absolute atomic E-state index is 0.186. The van der Waals surface area contributed by atoms with E-state index in [2.05, 4.69) is 0 Å². The zero-order chi connectivity index (χ0) is 12.3. The zero-order valence-electron chi connectivity index (χ0n) is 9.76. The number of hydrogen-bond donors (Lipinski definition) is 2. The van der Waals surface area contributed by atoms with Crippen LogP contribution in [0.2, 0.25) is 0 Å². The van der Waals surface area contributed by atoms with Crippen molar-refractivity contribution in [3.05, 3.63) is 59.7 Å². The van der Waals surface area contributed by atoms with E-state index in [1.165, 1.54) is 0 Å². The summed E-state index contributed by atoms with van der Waals surface area (Å²) in [5.41, 5.74) is 14.7. The van der Waals surface area contributed by atoms with Crippen LogP contribution >= 0.6 is 0 Å². The third-order valence-corrected chi connectivity index (χ3v) is 2.72. The van der Waals surface area contributed by atoms with E-state index in [0.717, 1.165) is 22.6 Å². The molecule has 88 valence electrons. The van der Waals surface area contributed by atoms with Crippen LogP contribution in [0.5, 0.6) is 5.75 Å². The molecule has 0 aromatic heterocycles. The first-order chi connectivity index (χ1) is 8.20. The van der Waals surface area contributed by atoms with Crippen LogP contribution in [0.25, 0.3) is 0 Å². The molecule has 0 aliphatic rings. The Kier molecular flexibility index (Phi) is 3.30. The summed E-state index contributed by atoms with van der Waals surface area (Å²) in [6, 6.07) is 15.2. The second kappa shape index (κ2) is 4.89. The van der Waals surface area contributed by atoms with Crippen molar-refractivity contribution in [2.24, 2.45) is 5.73 Å². The number of nitrogen functional groups attached to an aromatic ring is 1. The van der Waals surface area contributed by atoms with Gasteiger partial charge in [-0.25, -0.2) is 0 Å². The van der Waals surface area contributed by atoms with Gasteiger partial charge in [-0.3, -0.25) is 0 Å². The SMILES string of the molecule is COc1cccc(C(N)c2cccc(N)c2)c1. The molecule has 3 nitrogen and oxygen atoms in total. The third-order valence-electron chi connectivity index (χ3n) is 2.72. The smallest absolute Gasteiger partial charge is 0.119 e. The highest BCUT2D eigenvalue weighted by Gasteiger charge is 2.09. The normalized spacial score (nSPS) is 12.1. The molecule has 0 saturated carbocycles. The van der Waals surface area contributed by atoms with Crippen LogP contribution in [0.1, 0.15) is 17.2 Å². The fourth-order valence-electron chi connectivity index (χ4n) is 1.78. The van der Waals surface area contributed by atoms with Crippen LogP contribution in [-0.4, -0.2) is 7.11 Å². The summed E-state index contributed by atoms with van der Waals surface area (Å²) in [5.74, 6) is 0.807. The highest BCUT2D eigenvalue weighted by atomic mass is 16.5. The number of anilines is 1. The van der Waals surface area contributed by atoms with Crippen molar-refractivity contribution in [2.45, 2.75) is 6.04 Å². The summed E-state index contributed by atoms with van der Waals surface area (Å²) in [6.45, 7) is 0. The van der Waals surface area contributed by atoms with E-state index in [1.807, 2.05) is 48.5 Å². The Hall–Kier alpha value is -2.00. The van der Waals surface area contributed by atoms with Gasteiger partial charge in [0.2, 0.25) is 0 Å². The molecule has 0 radical (unpaired) electrons. The van der Waals surface area contributed by atoms with Crippen LogP contribution < -0.4 is 16.2 Å². The minimum Gasteiger partial charge on any atom is -0.497 e. The van der Waals surface area contributed by atoms with Crippen molar-refractivity contribution in [2.75, 3.05) is 12.8 Å². The van der Waals surface area contributed by atoms with Gasteiger partial charge in [0.1, 0.15) is 5.75 Å². The van der Waals surface area contributed by atoms with E-state index in [9.17, 15) is 0 Å². The Morgan fingerprint density at radius 1 is 1.00 bits per heavy atom. The van der Waals surface area contributed by atoms with Gasteiger partial charge in [-0.15, -0.1) is 0 Å². The van der Waals surface area contributed by atoms with Gasteiger partial charge in [-0.2, -0.15) is 0 Å².